The lowest BCUT2D eigenvalue weighted by Crippen LogP contribution is -2.04. The highest BCUT2D eigenvalue weighted by molar-refractivity contribution is 6.37. The Balaban J connectivity index is 3.15. The van der Waals surface area contributed by atoms with Gasteiger partial charge in [0.2, 0.25) is 0 Å². The monoisotopic (exact) mass is 243 g/mol. The van der Waals surface area contributed by atoms with Gasteiger partial charge in [0.25, 0.3) is 0 Å². The van der Waals surface area contributed by atoms with Crippen molar-refractivity contribution in [2.75, 3.05) is 6.61 Å². The van der Waals surface area contributed by atoms with E-state index in [1.54, 1.807) is 6.92 Å². The summed E-state index contributed by atoms with van der Waals surface area (Å²) in [5.74, 6) is -0.509. The Bertz CT molecular complexity index is 415. The van der Waals surface area contributed by atoms with Crippen molar-refractivity contribution in [1.82, 2.24) is 0 Å². The highest BCUT2D eigenvalue weighted by Crippen LogP contribution is 2.26. The first-order valence-corrected chi connectivity index (χ1v) is 4.92. The number of hydrogen-bond donors (Lipinski definition) is 0. The van der Waals surface area contributed by atoms with Crippen molar-refractivity contribution in [2.24, 2.45) is 0 Å². The van der Waals surface area contributed by atoms with Gasteiger partial charge >= 0.3 is 5.97 Å². The molecule has 0 aliphatic rings. The van der Waals surface area contributed by atoms with E-state index < -0.39 is 5.97 Å². The maximum Gasteiger partial charge on any atom is 0.338 e. The van der Waals surface area contributed by atoms with Gasteiger partial charge in [0.05, 0.1) is 27.8 Å². The summed E-state index contributed by atoms with van der Waals surface area (Å²) in [6.07, 6.45) is 0. The molecule has 0 heterocycles. The maximum absolute atomic E-state index is 11.3. The van der Waals surface area contributed by atoms with Crippen LogP contribution in [0, 0.1) is 11.3 Å². The van der Waals surface area contributed by atoms with Crippen molar-refractivity contribution in [3.8, 4) is 6.07 Å². The minimum absolute atomic E-state index is 0.146. The third-order valence-corrected chi connectivity index (χ3v) is 2.26. The van der Waals surface area contributed by atoms with Gasteiger partial charge in [-0.2, -0.15) is 5.26 Å². The van der Waals surface area contributed by atoms with Crippen LogP contribution in [0.3, 0.4) is 0 Å². The summed E-state index contributed by atoms with van der Waals surface area (Å²) in [5, 5.41) is 8.99. The number of nitriles is 1. The standard InChI is InChI=1S/C10H7Cl2NO2/c1-2-15-10(14)6-3-8(11)7(5-13)9(12)4-6/h3-4H,2H2,1H3. The van der Waals surface area contributed by atoms with E-state index >= 15 is 0 Å². The molecule has 5 heteroatoms. The third kappa shape index (κ3) is 2.62. The fourth-order valence-electron chi connectivity index (χ4n) is 1.01. The normalized spacial score (nSPS) is 9.47. The average molecular weight is 244 g/mol. The Labute approximate surface area is 97.2 Å². The highest BCUT2D eigenvalue weighted by Gasteiger charge is 2.13. The van der Waals surface area contributed by atoms with E-state index in [1.165, 1.54) is 12.1 Å². The second kappa shape index (κ2) is 5.01. The van der Waals surface area contributed by atoms with Crippen molar-refractivity contribution in [3.05, 3.63) is 33.3 Å². The number of ether oxygens (including phenoxy) is 1. The summed E-state index contributed by atoms with van der Waals surface area (Å²) < 4.78 is 4.77. The fourth-order valence-corrected chi connectivity index (χ4v) is 1.58. The Hall–Kier alpha value is -1.24. The van der Waals surface area contributed by atoms with Crippen molar-refractivity contribution in [2.45, 2.75) is 6.92 Å². The lowest BCUT2D eigenvalue weighted by Gasteiger charge is -2.04. The van der Waals surface area contributed by atoms with Gasteiger partial charge in [-0.3, -0.25) is 0 Å². The van der Waals surface area contributed by atoms with E-state index in [2.05, 4.69) is 0 Å². The topological polar surface area (TPSA) is 50.1 Å². The van der Waals surface area contributed by atoms with Crippen molar-refractivity contribution >= 4 is 29.2 Å². The molecule has 0 amide bonds. The van der Waals surface area contributed by atoms with Crippen LogP contribution in [0.1, 0.15) is 22.8 Å². The number of rotatable bonds is 2. The molecule has 0 spiro atoms. The maximum atomic E-state index is 11.3. The quantitative estimate of drug-likeness (QED) is 0.751. The molecule has 0 atom stereocenters. The zero-order valence-corrected chi connectivity index (χ0v) is 9.39. The van der Waals surface area contributed by atoms with E-state index in [0.29, 0.717) is 0 Å². The zero-order valence-electron chi connectivity index (χ0n) is 7.88. The van der Waals surface area contributed by atoms with Crippen LogP contribution in [-0.4, -0.2) is 12.6 Å². The van der Waals surface area contributed by atoms with Gasteiger partial charge in [-0.15, -0.1) is 0 Å². The molecule has 0 aromatic heterocycles. The van der Waals surface area contributed by atoms with E-state index in [4.69, 9.17) is 33.2 Å². The molecule has 3 nitrogen and oxygen atoms in total. The Morgan fingerprint density at radius 3 is 2.40 bits per heavy atom. The van der Waals surface area contributed by atoms with Crippen LogP contribution in [0.15, 0.2) is 12.1 Å². The van der Waals surface area contributed by atoms with Gasteiger partial charge in [0, 0.05) is 0 Å². The van der Waals surface area contributed by atoms with E-state index in [1.807, 2.05) is 6.07 Å². The van der Waals surface area contributed by atoms with Gasteiger partial charge in [-0.1, -0.05) is 23.2 Å². The second-order valence-corrected chi connectivity index (χ2v) is 3.46. The van der Waals surface area contributed by atoms with Crippen LogP contribution in [0.4, 0.5) is 0 Å². The number of halogens is 2. The average Bonchev–Trinajstić information content (AvgIpc) is 2.17. The molecule has 0 N–H and O–H groups in total. The molecular weight excluding hydrogens is 237 g/mol. The molecule has 15 heavy (non-hydrogen) atoms. The summed E-state index contributed by atoms with van der Waals surface area (Å²) >= 11 is 11.5. The van der Waals surface area contributed by atoms with Crippen LogP contribution in [0.25, 0.3) is 0 Å². The van der Waals surface area contributed by atoms with Crippen LogP contribution < -0.4 is 0 Å². The van der Waals surface area contributed by atoms with E-state index in [9.17, 15) is 4.79 Å². The number of benzene rings is 1. The molecule has 0 unspecified atom stereocenters. The number of hydrogen-bond acceptors (Lipinski definition) is 3. The second-order valence-electron chi connectivity index (χ2n) is 2.65. The molecule has 0 radical (unpaired) electrons. The largest absolute Gasteiger partial charge is 0.462 e. The van der Waals surface area contributed by atoms with Crippen LogP contribution in [-0.2, 0) is 4.74 Å². The summed E-state index contributed by atoms with van der Waals surface area (Å²) in [5.41, 5.74) is 0.400. The predicted molar refractivity (Wildman–Crippen MR) is 57.1 cm³/mol. The van der Waals surface area contributed by atoms with Crippen molar-refractivity contribution in [1.29, 1.82) is 5.26 Å². The summed E-state index contributed by atoms with van der Waals surface area (Å²) in [6.45, 7) is 1.97. The van der Waals surface area contributed by atoms with Crippen LogP contribution in [0.2, 0.25) is 10.0 Å². The van der Waals surface area contributed by atoms with Crippen LogP contribution in [0.5, 0.6) is 0 Å². The lowest BCUT2D eigenvalue weighted by molar-refractivity contribution is 0.0526. The fraction of sp³-hybridized carbons (Fsp3) is 0.200. The molecule has 1 aromatic carbocycles. The van der Waals surface area contributed by atoms with Gasteiger partial charge in [0.1, 0.15) is 6.07 Å². The molecule has 0 saturated heterocycles. The number of esters is 1. The van der Waals surface area contributed by atoms with Gasteiger partial charge in [-0.05, 0) is 19.1 Å². The predicted octanol–water partition coefficient (Wildman–Crippen LogP) is 3.04. The molecule has 0 aliphatic carbocycles. The van der Waals surface area contributed by atoms with Gasteiger partial charge < -0.3 is 4.74 Å². The molecule has 0 aliphatic heterocycles. The Morgan fingerprint density at radius 1 is 1.47 bits per heavy atom. The van der Waals surface area contributed by atoms with Gasteiger partial charge in [-0.25, -0.2) is 4.79 Å². The SMILES string of the molecule is CCOC(=O)c1cc(Cl)c(C#N)c(Cl)c1. The van der Waals surface area contributed by atoms with Crippen LogP contribution >= 0.6 is 23.2 Å². The summed E-state index contributed by atoms with van der Waals surface area (Å²) in [6, 6.07) is 4.58. The first kappa shape index (κ1) is 11.8. The zero-order chi connectivity index (χ0) is 11.4. The smallest absolute Gasteiger partial charge is 0.338 e. The third-order valence-electron chi connectivity index (χ3n) is 1.67. The van der Waals surface area contributed by atoms with Crippen molar-refractivity contribution in [3.63, 3.8) is 0 Å². The summed E-state index contributed by atoms with van der Waals surface area (Å²) in [4.78, 5) is 11.3. The number of carbonyl (C=O) groups excluding carboxylic acids is 1. The lowest BCUT2D eigenvalue weighted by atomic mass is 10.1. The first-order chi connectivity index (χ1) is 7.10. The van der Waals surface area contributed by atoms with Crippen molar-refractivity contribution < 1.29 is 9.53 Å². The molecule has 0 fully saturated rings. The minimum Gasteiger partial charge on any atom is -0.462 e. The van der Waals surface area contributed by atoms with E-state index in [-0.39, 0.29) is 27.8 Å². The molecule has 78 valence electrons. The van der Waals surface area contributed by atoms with Gasteiger partial charge in [0.15, 0.2) is 0 Å². The first-order valence-electron chi connectivity index (χ1n) is 4.16. The molecule has 1 aromatic rings. The molecule has 0 saturated carbocycles. The Morgan fingerprint density at radius 2 is 2.00 bits per heavy atom. The summed E-state index contributed by atoms with van der Waals surface area (Å²) in [7, 11) is 0. The number of nitrogens with zero attached hydrogens (tertiary/aromatic N) is 1. The number of carbonyl (C=O) groups is 1. The molecular formula is C10H7Cl2NO2. The minimum atomic E-state index is -0.509. The van der Waals surface area contributed by atoms with E-state index in [0.717, 1.165) is 0 Å². The molecule has 0 bridgehead atoms. The Kier molecular flexibility index (Phi) is 3.96. The molecule has 1 rings (SSSR count). The highest BCUT2D eigenvalue weighted by atomic mass is 35.5.